The van der Waals surface area contributed by atoms with Gasteiger partial charge < -0.3 is 43.7 Å². The molecule has 0 bridgehead atoms. The molecule has 0 radical (unpaired) electrons. The van der Waals surface area contributed by atoms with Crippen molar-refractivity contribution < 1.29 is 48.5 Å². The maximum atomic E-state index is 13.5. The highest BCUT2D eigenvalue weighted by Crippen LogP contribution is 2.57. The van der Waals surface area contributed by atoms with Crippen molar-refractivity contribution in [3.05, 3.63) is 23.5 Å². The quantitative estimate of drug-likeness (QED) is 0.360. The molecule has 2 aliphatic carbocycles. The lowest BCUT2D eigenvalue weighted by molar-refractivity contribution is -0.315. The summed E-state index contributed by atoms with van der Waals surface area (Å²) in [5, 5.41) is 32.3. The van der Waals surface area contributed by atoms with Crippen LogP contribution in [0.15, 0.2) is 23.5 Å². The normalized spacial score (nSPS) is 52.2. The molecule has 10 nitrogen and oxygen atoms in total. The predicted molar refractivity (Wildman–Crippen MR) is 131 cm³/mol. The van der Waals surface area contributed by atoms with Gasteiger partial charge in [0, 0.05) is 14.0 Å². The summed E-state index contributed by atoms with van der Waals surface area (Å²) in [6, 6.07) is 0. The second-order valence-electron chi connectivity index (χ2n) is 12.3. The number of rotatable bonds is 3. The topological polar surface area (TPSA) is 133 Å². The monoisotopic (exact) mass is 536 g/mol. The van der Waals surface area contributed by atoms with Crippen molar-refractivity contribution in [2.24, 2.45) is 23.2 Å². The molecule has 0 spiro atoms. The molecule has 0 aromatic carbocycles. The van der Waals surface area contributed by atoms with Crippen molar-refractivity contribution in [2.45, 2.75) is 108 Å². The Bertz CT molecular complexity index is 1010. The molecule has 4 heterocycles. The van der Waals surface area contributed by atoms with E-state index < -0.39 is 54.1 Å². The summed E-state index contributed by atoms with van der Waals surface area (Å²) in [6.45, 7) is 6.06. The van der Waals surface area contributed by atoms with E-state index in [9.17, 15) is 20.1 Å². The fourth-order valence-electron chi connectivity index (χ4n) is 7.94. The van der Waals surface area contributed by atoms with E-state index in [0.717, 1.165) is 24.0 Å². The fraction of sp³-hybridized carbons (Fsp3) is 0.821. The molecule has 3 saturated heterocycles. The van der Waals surface area contributed by atoms with Gasteiger partial charge in [-0.15, -0.1) is 0 Å². The SMILES string of the molecule is CO[C@@H]1[C@@H](O)[C@H](O[C@@H]2CC3=CC[C@H]4C(=O)O[C@@H]5CO[C@]6(C)OC=C(CC[C@@H]4[C@@]3(C)C[C@H]2O)[C@H]56)O[C@H](C)[C@H]1O. The van der Waals surface area contributed by atoms with Crippen molar-refractivity contribution >= 4 is 5.97 Å². The molecule has 4 aliphatic heterocycles. The van der Waals surface area contributed by atoms with Gasteiger partial charge in [0.15, 0.2) is 6.29 Å². The second kappa shape index (κ2) is 9.54. The van der Waals surface area contributed by atoms with Gasteiger partial charge in [-0.2, -0.15) is 0 Å². The van der Waals surface area contributed by atoms with Gasteiger partial charge in [0.1, 0.15) is 24.4 Å². The summed E-state index contributed by atoms with van der Waals surface area (Å²) < 4.78 is 35.0. The zero-order valence-corrected chi connectivity index (χ0v) is 22.4. The zero-order valence-electron chi connectivity index (χ0n) is 22.4. The summed E-state index contributed by atoms with van der Waals surface area (Å²) in [5.41, 5.74) is 1.85. The molecular weight excluding hydrogens is 496 g/mol. The summed E-state index contributed by atoms with van der Waals surface area (Å²) in [6.07, 6.45) is 0.433. The van der Waals surface area contributed by atoms with Crippen LogP contribution in [0.4, 0.5) is 0 Å². The third-order valence-electron chi connectivity index (χ3n) is 10.1. The van der Waals surface area contributed by atoms with Crippen LogP contribution in [0.1, 0.15) is 52.9 Å². The maximum absolute atomic E-state index is 13.5. The molecule has 10 heteroatoms. The number of fused-ring (bicyclic) bond motifs is 3. The first kappa shape index (κ1) is 26.7. The lowest BCUT2D eigenvalue weighted by Crippen LogP contribution is -2.60. The molecule has 1 saturated carbocycles. The molecule has 6 rings (SSSR count). The highest BCUT2D eigenvalue weighted by Gasteiger charge is 2.58. The van der Waals surface area contributed by atoms with Gasteiger partial charge in [-0.25, -0.2) is 0 Å². The average Bonchev–Trinajstić information content (AvgIpc) is 3.38. The Morgan fingerprint density at radius 3 is 2.71 bits per heavy atom. The number of aliphatic hydroxyl groups excluding tert-OH is 3. The Labute approximate surface area is 222 Å². The summed E-state index contributed by atoms with van der Waals surface area (Å²) in [4.78, 5) is 13.5. The van der Waals surface area contributed by atoms with Crippen LogP contribution < -0.4 is 0 Å². The first-order chi connectivity index (χ1) is 18.1. The molecule has 0 aromatic rings. The molecule has 13 atom stereocenters. The van der Waals surface area contributed by atoms with Crippen molar-refractivity contribution in [1.82, 2.24) is 0 Å². The molecule has 38 heavy (non-hydrogen) atoms. The fourth-order valence-corrected chi connectivity index (χ4v) is 7.94. The van der Waals surface area contributed by atoms with E-state index in [4.69, 9.17) is 28.4 Å². The second-order valence-corrected chi connectivity index (χ2v) is 12.3. The highest BCUT2D eigenvalue weighted by atomic mass is 16.7. The zero-order chi connectivity index (χ0) is 27.0. The van der Waals surface area contributed by atoms with Gasteiger partial charge in [-0.3, -0.25) is 4.79 Å². The minimum absolute atomic E-state index is 0.0114. The molecule has 212 valence electrons. The molecule has 0 amide bonds. The van der Waals surface area contributed by atoms with Crippen LogP contribution in [0.5, 0.6) is 0 Å². The molecule has 4 fully saturated rings. The van der Waals surface area contributed by atoms with E-state index in [1.807, 2.05) is 6.92 Å². The number of carbonyl (C=O) groups is 1. The van der Waals surface area contributed by atoms with Crippen LogP contribution in [0, 0.1) is 23.2 Å². The third-order valence-corrected chi connectivity index (χ3v) is 10.1. The van der Waals surface area contributed by atoms with Gasteiger partial charge in [-0.1, -0.05) is 18.6 Å². The number of methoxy groups -OCH3 is 1. The van der Waals surface area contributed by atoms with Crippen LogP contribution in [0.3, 0.4) is 0 Å². The van der Waals surface area contributed by atoms with Crippen LogP contribution in [0.2, 0.25) is 0 Å². The Morgan fingerprint density at radius 2 is 1.95 bits per heavy atom. The van der Waals surface area contributed by atoms with Crippen molar-refractivity contribution in [3.8, 4) is 0 Å². The van der Waals surface area contributed by atoms with Crippen molar-refractivity contribution in [2.75, 3.05) is 13.7 Å². The Morgan fingerprint density at radius 1 is 1.16 bits per heavy atom. The largest absolute Gasteiger partial charge is 0.469 e. The van der Waals surface area contributed by atoms with Gasteiger partial charge in [0.05, 0.1) is 43.0 Å². The summed E-state index contributed by atoms with van der Waals surface area (Å²) >= 11 is 0. The molecular formula is C28H40O10. The number of aliphatic hydroxyl groups is 3. The van der Waals surface area contributed by atoms with E-state index >= 15 is 0 Å². The smallest absolute Gasteiger partial charge is 0.309 e. The standard InChI is InChI=1S/C28H40O10/c1-13-22(30)24(33-4)23(31)26(36-13)38-19-9-15-6-7-16-17(27(15,2)10-18(19)29)8-5-14-11-34-28(3)21(14)20(12-35-28)37-25(16)32/h6,11,13,16-24,26,29-31H,5,7-10,12H2,1-4H3/t13-,16-,17+,18-,19-,20-,21-,22-,23-,24+,26+,27+,28+/m1/s1. The van der Waals surface area contributed by atoms with E-state index in [-0.39, 0.29) is 29.8 Å². The average molecular weight is 537 g/mol. The molecule has 0 unspecified atom stereocenters. The lowest BCUT2D eigenvalue weighted by Gasteiger charge is -2.52. The van der Waals surface area contributed by atoms with E-state index in [2.05, 4.69) is 13.0 Å². The van der Waals surface area contributed by atoms with Crippen molar-refractivity contribution in [3.63, 3.8) is 0 Å². The number of hydrogen-bond acceptors (Lipinski definition) is 10. The highest BCUT2D eigenvalue weighted by molar-refractivity contribution is 5.74. The van der Waals surface area contributed by atoms with E-state index in [1.54, 1.807) is 13.2 Å². The van der Waals surface area contributed by atoms with Crippen LogP contribution >= 0.6 is 0 Å². The first-order valence-electron chi connectivity index (χ1n) is 13.8. The number of allylic oxidation sites excluding steroid dienone is 1. The Kier molecular flexibility index (Phi) is 6.70. The van der Waals surface area contributed by atoms with Crippen LogP contribution in [-0.2, 0) is 33.2 Å². The molecule has 3 N–H and O–H groups in total. The lowest BCUT2D eigenvalue weighted by atomic mass is 9.55. The van der Waals surface area contributed by atoms with Crippen LogP contribution in [-0.4, -0.2) is 89.8 Å². The minimum Gasteiger partial charge on any atom is -0.469 e. The van der Waals surface area contributed by atoms with Gasteiger partial charge in [0.25, 0.3) is 0 Å². The van der Waals surface area contributed by atoms with Gasteiger partial charge in [-0.05, 0) is 55.9 Å². The van der Waals surface area contributed by atoms with Crippen molar-refractivity contribution in [1.29, 1.82) is 0 Å². The van der Waals surface area contributed by atoms with Crippen LogP contribution in [0.25, 0.3) is 0 Å². The van der Waals surface area contributed by atoms with Gasteiger partial charge in [0.2, 0.25) is 5.79 Å². The maximum Gasteiger partial charge on any atom is 0.309 e. The number of hydrogen-bond donors (Lipinski definition) is 3. The van der Waals surface area contributed by atoms with E-state index in [0.29, 0.717) is 25.9 Å². The summed E-state index contributed by atoms with van der Waals surface area (Å²) in [7, 11) is 1.42. The Hall–Kier alpha value is -1.53. The minimum atomic E-state index is -1.20. The first-order valence-corrected chi connectivity index (χ1v) is 13.8. The molecule has 0 aromatic heterocycles. The molecule has 6 aliphatic rings. The number of esters is 1. The van der Waals surface area contributed by atoms with Gasteiger partial charge >= 0.3 is 5.97 Å². The third kappa shape index (κ3) is 4.06. The van der Waals surface area contributed by atoms with E-state index in [1.165, 1.54) is 7.11 Å². The number of ether oxygens (including phenoxy) is 6. The summed E-state index contributed by atoms with van der Waals surface area (Å²) in [5.74, 6) is -1.39. The Balaban J connectivity index is 1.22. The number of carbonyl (C=O) groups excluding carboxylic acids is 1. The predicted octanol–water partition coefficient (Wildman–Crippen LogP) is 1.56.